The van der Waals surface area contributed by atoms with Crippen molar-refractivity contribution in [1.82, 2.24) is 25.5 Å². The molecule has 0 saturated carbocycles. The molecule has 174 valence electrons. The van der Waals surface area contributed by atoms with E-state index in [1.54, 1.807) is 0 Å². The minimum atomic E-state index is -0.0855. The molecule has 2 aromatic carbocycles. The summed E-state index contributed by atoms with van der Waals surface area (Å²) in [5.41, 5.74) is 3.88. The van der Waals surface area contributed by atoms with Crippen LogP contribution >= 0.6 is 0 Å². The predicted molar refractivity (Wildman–Crippen MR) is 134 cm³/mol. The number of fused-ring (bicyclic) bond motifs is 1. The molecule has 4 aromatic rings. The summed E-state index contributed by atoms with van der Waals surface area (Å²) in [6.45, 7) is 3.36. The molecule has 8 heteroatoms. The molecule has 1 amide bonds. The average Bonchev–Trinajstić information content (AvgIpc) is 3.36. The number of anilines is 2. The fourth-order valence-electron chi connectivity index (χ4n) is 4.51. The highest BCUT2D eigenvalue weighted by Crippen LogP contribution is 2.31. The van der Waals surface area contributed by atoms with Crippen molar-refractivity contribution in [2.75, 3.05) is 23.8 Å². The van der Waals surface area contributed by atoms with Gasteiger partial charge < -0.3 is 15.5 Å². The molecule has 1 aliphatic heterocycles. The predicted octanol–water partition coefficient (Wildman–Crippen LogP) is 3.98. The normalized spacial score (nSPS) is 18.1. The van der Waals surface area contributed by atoms with E-state index < -0.39 is 0 Å². The maximum Gasteiger partial charge on any atom is 0.225 e. The number of hydrogen-bond donors (Lipinski definition) is 3. The van der Waals surface area contributed by atoms with Gasteiger partial charge >= 0.3 is 0 Å². The van der Waals surface area contributed by atoms with Gasteiger partial charge in [0.25, 0.3) is 0 Å². The Labute approximate surface area is 198 Å². The van der Waals surface area contributed by atoms with Gasteiger partial charge in [0, 0.05) is 43.2 Å². The summed E-state index contributed by atoms with van der Waals surface area (Å²) in [5, 5.41) is 14.4. The Morgan fingerprint density at radius 3 is 2.79 bits per heavy atom. The molecular weight excluding hydrogens is 426 g/mol. The third kappa shape index (κ3) is 4.57. The van der Waals surface area contributed by atoms with Gasteiger partial charge in [-0.05, 0) is 31.4 Å². The van der Waals surface area contributed by atoms with Gasteiger partial charge in [-0.25, -0.2) is 4.98 Å². The van der Waals surface area contributed by atoms with Crippen molar-refractivity contribution in [1.29, 1.82) is 0 Å². The van der Waals surface area contributed by atoms with E-state index in [0.29, 0.717) is 19.0 Å². The first-order chi connectivity index (χ1) is 16.6. The zero-order valence-corrected chi connectivity index (χ0v) is 19.5. The SMILES string of the molecule is CNc1nc(-c2ccc3cn[nH]c3c2)cc(N2CC(C(=O)NCc3ccccc3)CCC2C)n1. The second-order valence-corrected chi connectivity index (χ2v) is 8.84. The van der Waals surface area contributed by atoms with Crippen LogP contribution in [0.1, 0.15) is 25.3 Å². The number of hydrogen-bond acceptors (Lipinski definition) is 6. The Morgan fingerprint density at radius 1 is 1.12 bits per heavy atom. The molecule has 2 atom stereocenters. The second-order valence-electron chi connectivity index (χ2n) is 8.84. The Kier molecular flexibility index (Phi) is 6.12. The summed E-state index contributed by atoms with van der Waals surface area (Å²) in [6.07, 6.45) is 3.60. The zero-order chi connectivity index (χ0) is 23.5. The average molecular weight is 456 g/mol. The van der Waals surface area contributed by atoms with Crippen LogP contribution in [0.5, 0.6) is 0 Å². The van der Waals surface area contributed by atoms with E-state index in [0.717, 1.165) is 46.4 Å². The Hall–Kier alpha value is -3.94. The number of aromatic amines is 1. The first kappa shape index (κ1) is 21.9. The monoisotopic (exact) mass is 455 g/mol. The lowest BCUT2D eigenvalue weighted by Crippen LogP contribution is -2.47. The van der Waals surface area contributed by atoms with E-state index in [-0.39, 0.29) is 17.9 Å². The summed E-state index contributed by atoms with van der Waals surface area (Å²) in [5.74, 6) is 1.39. The highest BCUT2D eigenvalue weighted by molar-refractivity contribution is 5.83. The molecule has 3 heterocycles. The zero-order valence-electron chi connectivity index (χ0n) is 19.5. The van der Waals surface area contributed by atoms with Gasteiger partial charge in [-0.2, -0.15) is 10.1 Å². The largest absolute Gasteiger partial charge is 0.357 e. The lowest BCUT2D eigenvalue weighted by atomic mass is 9.92. The van der Waals surface area contributed by atoms with Crippen LogP contribution in [0.25, 0.3) is 22.2 Å². The Balaban J connectivity index is 1.37. The van der Waals surface area contributed by atoms with E-state index in [4.69, 9.17) is 4.98 Å². The van der Waals surface area contributed by atoms with Crippen molar-refractivity contribution >= 4 is 28.6 Å². The molecule has 3 N–H and O–H groups in total. The third-order valence-corrected chi connectivity index (χ3v) is 6.53. The maximum absolute atomic E-state index is 13.0. The van der Waals surface area contributed by atoms with Crippen molar-refractivity contribution < 1.29 is 4.79 Å². The summed E-state index contributed by atoms with van der Waals surface area (Å²) < 4.78 is 0. The quantitative estimate of drug-likeness (QED) is 0.407. The minimum Gasteiger partial charge on any atom is -0.357 e. The fourth-order valence-corrected chi connectivity index (χ4v) is 4.51. The van der Waals surface area contributed by atoms with Crippen molar-refractivity contribution in [2.45, 2.75) is 32.4 Å². The first-order valence-corrected chi connectivity index (χ1v) is 11.7. The maximum atomic E-state index is 13.0. The highest BCUT2D eigenvalue weighted by atomic mass is 16.1. The number of rotatable bonds is 6. The topological polar surface area (TPSA) is 98.8 Å². The van der Waals surface area contributed by atoms with Gasteiger partial charge in [-0.15, -0.1) is 0 Å². The summed E-state index contributed by atoms with van der Waals surface area (Å²) >= 11 is 0. The van der Waals surface area contributed by atoms with Crippen molar-refractivity contribution in [3.8, 4) is 11.3 Å². The Morgan fingerprint density at radius 2 is 1.97 bits per heavy atom. The molecule has 2 unspecified atom stereocenters. The first-order valence-electron chi connectivity index (χ1n) is 11.7. The highest BCUT2D eigenvalue weighted by Gasteiger charge is 2.31. The standard InChI is InChI=1S/C26H29N7O/c1-17-8-9-21(25(34)28-14-18-6-4-3-5-7-18)16-33(17)24-13-22(30-26(27-2)31-24)19-10-11-20-15-29-32-23(20)12-19/h3-7,10-13,15,17,21H,8-9,14,16H2,1-2H3,(H,28,34)(H,29,32)(H,27,30,31). The van der Waals surface area contributed by atoms with Crippen molar-refractivity contribution in [3.05, 3.63) is 66.4 Å². The smallest absolute Gasteiger partial charge is 0.225 e. The molecular formula is C26H29N7O. The number of amides is 1. The summed E-state index contributed by atoms with van der Waals surface area (Å²) in [6, 6.07) is 18.4. The van der Waals surface area contributed by atoms with E-state index in [9.17, 15) is 4.79 Å². The van der Waals surface area contributed by atoms with Crippen LogP contribution in [0.15, 0.2) is 60.8 Å². The van der Waals surface area contributed by atoms with E-state index >= 15 is 0 Å². The molecule has 34 heavy (non-hydrogen) atoms. The van der Waals surface area contributed by atoms with Crippen LogP contribution in [-0.4, -0.2) is 45.7 Å². The van der Waals surface area contributed by atoms with Crippen LogP contribution in [0.3, 0.4) is 0 Å². The molecule has 0 spiro atoms. The number of nitrogens with one attached hydrogen (secondary N) is 3. The van der Waals surface area contributed by atoms with Crippen LogP contribution in [0, 0.1) is 5.92 Å². The molecule has 0 bridgehead atoms. The summed E-state index contributed by atoms with van der Waals surface area (Å²) in [7, 11) is 1.82. The van der Waals surface area contributed by atoms with Gasteiger partial charge in [0.05, 0.1) is 23.3 Å². The Bertz CT molecular complexity index is 1290. The lowest BCUT2D eigenvalue weighted by molar-refractivity contribution is -0.125. The van der Waals surface area contributed by atoms with Gasteiger partial charge in [-0.3, -0.25) is 9.89 Å². The van der Waals surface area contributed by atoms with Crippen LogP contribution in [0.4, 0.5) is 11.8 Å². The van der Waals surface area contributed by atoms with Crippen LogP contribution in [0.2, 0.25) is 0 Å². The van der Waals surface area contributed by atoms with Crippen molar-refractivity contribution in [3.63, 3.8) is 0 Å². The molecule has 0 aliphatic carbocycles. The van der Waals surface area contributed by atoms with Crippen LogP contribution in [-0.2, 0) is 11.3 Å². The van der Waals surface area contributed by atoms with Gasteiger partial charge in [0.1, 0.15) is 5.82 Å². The molecule has 1 aliphatic rings. The number of nitrogens with zero attached hydrogens (tertiary/aromatic N) is 4. The van der Waals surface area contributed by atoms with E-state index in [1.165, 1.54) is 0 Å². The van der Waals surface area contributed by atoms with Gasteiger partial charge in [0.15, 0.2) is 0 Å². The fraction of sp³-hybridized carbons (Fsp3) is 0.308. The molecule has 5 rings (SSSR count). The molecule has 1 fully saturated rings. The minimum absolute atomic E-state index is 0.0855. The van der Waals surface area contributed by atoms with Crippen molar-refractivity contribution in [2.24, 2.45) is 5.92 Å². The van der Waals surface area contributed by atoms with E-state index in [2.05, 4.69) is 37.6 Å². The number of benzene rings is 2. The summed E-state index contributed by atoms with van der Waals surface area (Å²) in [4.78, 5) is 24.6. The van der Waals surface area contributed by atoms with Crippen LogP contribution < -0.4 is 15.5 Å². The number of carbonyl (C=O) groups excluding carboxylic acids is 1. The molecule has 1 saturated heterocycles. The third-order valence-electron chi connectivity index (χ3n) is 6.53. The lowest BCUT2D eigenvalue weighted by Gasteiger charge is -2.38. The number of carbonyl (C=O) groups is 1. The molecule has 0 radical (unpaired) electrons. The molecule has 2 aromatic heterocycles. The number of piperidine rings is 1. The number of H-pyrrole nitrogens is 1. The number of aromatic nitrogens is 4. The van der Waals surface area contributed by atoms with Gasteiger partial charge in [0.2, 0.25) is 11.9 Å². The molecule has 8 nitrogen and oxygen atoms in total. The van der Waals surface area contributed by atoms with Gasteiger partial charge in [-0.1, -0.05) is 42.5 Å². The van der Waals surface area contributed by atoms with E-state index in [1.807, 2.05) is 67.8 Å². The second kappa shape index (κ2) is 9.51.